The van der Waals surface area contributed by atoms with Gasteiger partial charge < -0.3 is 0 Å². The first kappa shape index (κ1) is 14.4. The molecule has 106 valence electrons. The molecule has 2 fully saturated rings. The Morgan fingerprint density at radius 3 is 2.00 bits per heavy atom. The van der Waals surface area contributed by atoms with Gasteiger partial charge in [0, 0.05) is 0 Å². The van der Waals surface area contributed by atoms with E-state index >= 15 is 0 Å². The summed E-state index contributed by atoms with van der Waals surface area (Å²) >= 11 is 0. The van der Waals surface area contributed by atoms with Gasteiger partial charge in [0.05, 0.1) is 0 Å². The fourth-order valence-corrected chi connectivity index (χ4v) is 5.71. The van der Waals surface area contributed by atoms with E-state index < -0.39 is 0 Å². The molecule has 0 saturated heterocycles. The van der Waals surface area contributed by atoms with Gasteiger partial charge >= 0.3 is 0 Å². The topological polar surface area (TPSA) is 0 Å². The Balaban J connectivity index is 2.14. The Morgan fingerprint density at radius 2 is 1.44 bits per heavy atom. The van der Waals surface area contributed by atoms with Crippen LogP contribution < -0.4 is 0 Å². The summed E-state index contributed by atoms with van der Waals surface area (Å²) in [4.78, 5) is 0. The largest absolute Gasteiger partial charge is 0.0654 e. The van der Waals surface area contributed by atoms with Crippen molar-refractivity contribution in [3.8, 4) is 0 Å². The lowest BCUT2D eigenvalue weighted by molar-refractivity contribution is -0.0305. The van der Waals surface area contributed by atoms with Crippen molar-refractivity contribution in [2.45, 2.75) is 80.1 Å². The minimum atomic E-state index is 0.633. The Bertz CT molecular complexity index is 294. The van der Waals surface area contributed by atoms with E-state index in [1.54, 1.807) is 0 Å². The summed E-state index contributed by atoms with van der Waals surface area (Å²) in [5.74, 6) is 3.88. The Labute approximate surface area is 115 Å². The highest BCUT2D eigenvalue weighted by Crippen LogP contribution is 2.70. The van der Waals surface area contributed by atoms with Crippen molar-refractivity contribution in [2.24, 2.45) is 34.5 Å². The highest BCUT2D eigenvalue weighted by Gasteiger charge is 2.63. The molecule has 18 heavy (non-hydrogen) atoms. The molecule has 6 unspecified atom stereocenters. The highest BCUT2D eigenvalue weighted by atomic mass is 14.7. The molecule has 0 aliphatic heterocycles. The molecule has 0 aromatic heterocycles. The second-order valence-corrected chi connectivity index (χ2v) is 7.85. The lowest BCUT2D eigenvalue weighted by Gasteiger charge is -2.51. The van der Waals surface area contributed by atoms with Gasteiger partial charge in [-0.05, 0) is 47.3 Å². The average molecular weight is 250 g/mol. The summed E-state index contributed by atoms with van der Waals surface area (Å²) in [6.45, 7) is 15.0. The molecule has 0 aromatic rings. The van der Waals surface area contributed by atoms with E-state index in [2.05, 4.69) is 41.5 Å². The average Bonchev–Trinajstić information content (AvgIpc) is 2.76. The Hall–Kier alpha value is 0. The first-order valence-electron chi connectivity index (χ1n) is 8.41. The molecule has 2 aliphatic rings. The summed E-state index contributed by atoms with van der Waals surface area (Å²) in [7, 11) is 0. The predicted molar refractivity (Wildman–Crippen MR) is 80.6 cm³/mol. The van der Waals surface area contributed by atoms with Crippen LogP contribution in [0.15, 0.2) is 0 Å². The maximum Gasteiger partial charge on any atom is -0.0266 e. The molecule has 2 saturated carbocycles. The van der Waals surface area contributed by atoms with Gasteiger partial charge in [0.25, 0.3) is 0 Å². The zero-order chi connectivity index (χ0) is 13.6. The van der Waals surface area contributed by atoms with Gasteiger partial charge in [-0.15, -0.1) is 0 Å². The van der Waals surface area contributed by atoms with Gasteiger partial charge in [0.2, 0.25) is 0 Å². The van der Waals surface area contributed by atoms with Gasteiger partial charge in [-0.3, -0.25) is 0 Å². The van der Waals surface area contributed by atoms with Crippen molar-refractivity contribution in [2.75, 3.05) is 0 Å². The van der Waals surface area contributed by atoms with E-state index in [9.17, 15) is 0 Å². The summed E-state index contributed by atoms with van der Waals surface area (Å²) in [5, 5.41) is 0. The third kappa shape index (κ3) is 1.78. The summed E-state index contributed by atoms with van der Waals surface area (Å²) < 4.78 is 0. The van der Waals surface area contributed by atoms with E-state index in [4.69, 9.17) is 0 Å². The van der Waals surface area contributed by atoms with Crippen molar-refractivity contribution < 1.29 is 0 Å². The van der Waals surface area contributed by atoms with Crippen LogP contribution in [0, 0.1) is 34.5 Å². The van der Waals surface area contributed by atoms with Crippen molar-refractivity contribution in [1.82, 2.24) is 0 Å². The second-order valence-electron chi connectivity index (χ2n) is 7.85. The minimum absolute atomic E-state index is 0.633. The molecule has 0 radical (unpaired) electrons. The number of fused-ring (bicyclic) bond motifs is 2. The van der Waals surface area contributed by atoms with Gasteiger partial charge in [-0.1, -0.05) is 67.2 Å². The Kier molecular flexibility index (Phi) is 3.87. The lowest BCUT2D eigenvalue weighted by atomic mass is 9.53. The monoisotopic (exact) mass is 250 g/mol. The predicted octanol–water partition coefficient (Wildman–Crippen LogP) is 5.91. The first-order chi connectivity index (χ1) is 8.41. The maximum atomic E-state index is 2.61. The Morgan fingerprint density at radius 1 is 0.889 bits per heavy atom. The fraction of sp³-hybridized carbons (Fsp3) is 1.00. The van der Waals surface area contributed by atoms with Gasteiger partial charge in [-0.2, -0.15) is 0 Å². The molecule has 0 N–H and O–H groups in total. The molecule has 0 aromatic carbocycles. The number of rotatable bonds is 5. The number of unbranched alkanes of at least 4 members (excludes halogenated alkanes) is 2. The van der Waals surface area contributed by atoms with E-state index in [0.717, 1.165) is 23.7 Å². The van der Waals surface area contributed by atoms with Crippen molar-refractivity contribution in [3.05, 3.63) is 0 Å². The van der Waals surface area contributed by atoms with Gasteiger partial charge in [-0.25, -0.2) is 0 Å². The highest BCUT2D eigenvalue weighted by molar-refractivity contribution is 5.12. The van der Waals surface area contributed by atoms with E-state index in [1.165, 1.54) is 38.5 Å². The summed E-state index contributed by atoms with van der Waals surface area (Å²) in [6, 6.07) is 0. The van der Waals surface area contributed by atoms with Crippen LogP contribution in [0.4, 0.5) is 0 Å². The van der Waals surface area contributed by atoms with Crippen LogP contribution in [-0.2, 0) is 0 Å². The molecule has 2 bridgehead atoms. The lowest BCUT2D eigenvalue weighted by Crippen LogP contribution is -2.45. The third-order valence-electron chi connectivity index (χ3n) is 7.57. The molecule has 0 amide bonds. The van der Waals surface area contributed by atoms with Crippen molar-refractivity contribution in [3.63, 3.8) is 0 Å². The van der Waals surface area contributed by atoms with Crippen LogP contribution in [-0.4, -0.2) is 0 Å². The van der Waals surface area contributed by atoms with Crippen LogP contribution in [0.1, 0.15) is 80.1 Å². The quantitative estimate of drug-likeness (QED) is 0.532. The molecule has 2 aliphatic carbocycles. The van der Waals surface area contributed by atoms with Gasteiger partial charge in [0.1, 0.15) is 0 Å². The van der Waals surface area contributed by atoms with Crippen LogP contribution in [0.25, 0.3) is 0 Å². The fourth-order valence-electron chi connectivity index (χ4n) is 5.71. The zero-order valence-corrected chi connectivity index (χ0v) is 13.6. The second kappa shape index (κ2) is 4.84. The molecular formula is C18H34. The van der Waals surface area contributed by atoms with E-state index in [-0.39, 0.29) is 0 Å². The van der Waals surface area contributed by atoms with E-state index in [1.807, 2.05) is 0 Å². The normalized spacial score (nSPS) is 51.0. The zero-order valence-electron chi connectivity index (χ0n) is 13.6. The number of hydrogen-bond donors (Lipinski definition) is 0. The van der Waals surface area contributed by atoms with Crippen LogP contribution in [0.2, 0.25) is 0 Å². The first-order valence-corrected chi connectivity index (χ1v) is 8.41. The minimum Gasteiger partial charge on any atom is -0.0654 e. The summed E-state index contributed by atoms with van der Waals surface area (Å²) in [6.07, 6.45) is 8.63. The van der Waals surface area contributed by atoms with Crippen LogP contribution >= 0.6 is 0 Å². The molecule has 0 nitrogen and oxygen atoms in total. The molecule has 0 heterocycles. The molecule has 0 heteroatoms. The molecule has 6 atom stereocenters. The molecule has 2 rings (SSSR count). The standard InChI is InChI=1S/C18H34/c1-7-9-10-11-18(6)14(4)15-12-16(18)13(3)17(15,5)8-2/h13-16H,7-12H2,1-6H3. The molecular weight excluding hydrogens is 216 g/mol. The molecule has 0 spiro atoms. The van der Waals surface area contributed by atoms with Crippen molar-refractivity contribution >= 4 is 0 Å². The van der Waals surface area contributed by atoms with Crippen LogP contribution in [0.5, 0.6) is 0 Å². The summed E-state index contributed by atoms with van der Waals surface area (Å²) in [5.41, 5.74) is 1.28. The third-order valence-corrected chi connectivity index (χ3v) is 7.57. The van der Waals surface area contributed by atoms with Crippen LogP contribution in [0.3, 0.4) is 0 Å². The maximum absolute atomic E-state index is 2.61. The smallest absolute Gasteiger partial charge is 0.0266 e. The van der Waals surface area contributed by atoms with Gasteiger partial charge in [0.15, 0.2) is 0 Å². The number of hydrogen-bond acceptors (Lipinski definition) is 0. The SMILES string of the molecule is CCCCCC1(C)C(C)C2CC1C(C)C2(C)CC. The van der Waals surface area contributed by atoms with E-state index in [0.29, 0.717) is 10.8 Å². The van der Waals surface area contributed by atoms with Crippen molar-refractivity contribution in [1.29, 1.82) is 0 Å².